The lowest BCUT2D eigenvalue weighted by atomic mass is 9.88. The number of hydrogen-bond donors (Lipinski definition) is 2. The van der Waals surface area contributed by atoms with Gasteiger partial charge in [0.2, 0.25) is 11.8 Å². The van der Waals surface area contributed by atoms with E-state index >= 15 is 0 Å². The van der Waals surface area contributed by atoms with Crippen molar-refractivity contribution in [3.05, 3.63) is 59.7 Å². The molecule has 3 amide bonds. The van der Waals surface area contributed by atoms with Crippen LogP contribution in [0.25, 0.3) is 0 Å². The number of ether oxygens (including phenoxy) is 2. The van der Waals surface area contributed by atoms with Gasteiger partial charge >= 0.3 is 0 Å². The van der Waals surface area contributed by atoms with Crippen LogP contribution in [0.1, 0.15) is 88.1 Å². The average Bonchev–Trinajstić information content (AvgIpc) is 3.06. The van der Waals surface area contributed by atoms with Gasteiger partial charge in [-0.2, -0.15) is 0 Å². The van der Waals surface area contributed by atoms with Crippen LogP contribution in [0.3, 0.4) is 0 Å². The molecule has 0 spiro atoms. The van der Waals surface area contributed by atoms with Crippen molar-refractivity contribution in [1.82, 2.24) is 9.80 Å². The summed E-state index contributed by atoms with van der Waals surface area (Å²) in [4.78, 5) is 43.9. The van der Waals surface area contributed by atoms with E-state index in [0.29, 0.717) is 43.1 Å². The fourth-order valence-electron chi connectivity index (χ4n) is 6.35. The number of fused-ring (bicyclic) bond motifs is 1. The Bertz CT molecular complexity index is 1280. The maximum absolute atomic E-state index is 14.4. The number of benzene rings is 2. The number of likely N-dealkylation sites (N-methyl/N-ethyl adjacent to an activating group) is 1. The molecule has 46 heavy (non-hydrogen) atoms. The summed E-state index contributed by atoms with van der Waals surface area (Å²) in [5.74, 6) is 0.00468. The van der Waals surface area contributed by atoms with Gasteiger partial charge in [0, 0.05) is 44.3 Å². The van der Waals surface area contributed by atoms with Crippen LogP contribution in [0, 0.1) is 11.8 Å². The normalized spacial score (nSPS) is 22.6. The molecule has 0 aromatic heterocycles. The van der Waals surface area contributed by atoms with Crippen LogP contribution in [0.2, 0.25) is 0 Å². The first-order chi connectivity index (χ1) is 22.2. The largest absolute Gasteiger partial charge is 0.490 e. The quantitative estimate of drug-likeness (QED) is 0.385. The molecule has 0 saturated heterocycles. The summed E-state index contributed by atoms with van der Waals surface area (Å²) in [6.45, 7) is 6.84. The highest BCUT2D eigenvalue weighted by molar-refractivity contribution is 6.00. The third kappa shape index (κ3) is 10.0. The van der Waals surface area contributed by atoms with Crippen LogP contribution in [-0.4, -0.2) is 84.2 Å². The van der Waals surface area contributed by atoms with E-state index < -0.39 is 6.04 Å². The van der Waals surface area contributed by atoms with Crippen LogP contribution >= 0.6 is 0 Å². The van der Waals surface area contributed by atoms with Crippen LogP contribution in [0.15, 0.2) is 48.5 Å². The summed E-state index contributed by atoms with van der Waals surface area (Å²) in [6, 6.07) is 14.5. The summed E-state index contributed by atoms with van der Waals surface area (Å²) in [7, 11) is 1.80. The van der Waals surface area contributed by atoms with E-state index in [-0.39, 0.29) is 48.4 Å². The molecule has 252 valence electrons. The van der Waals surface area contributed by atoms with Crippen molar-refractivity contribution >= 4 is 23.4 Å². The summed E-state index contributed by atoms with van der Waals surface area (Å²) >= 11 is 0. The highest BCUT2D eigenvalue weighted by atomic mass is 16.5. The molecule has 0 bridgehead atoms. The fraction of sp³-hybridized carbons (Fsp3) is 0.595. The first kappa shape index (κ1) is 35.4. The van der Waals surface area contributed by atoms with Gasteiger partial charge in [-0.1, -0.05) is 56.5 Å². The highest BCUT2D eigenvalue weighted by Gasteiger charge is 2.31. The second-order valence-electron chi connectivity index (χ2n) is 13.3. The smallest absolute Gasteiger partial charge is 0.258 e. The van der Waals surface area contributed by atoms with Crippen LogP contribution in [0.5, 0.6) is 5.75 Å². The van der Waals surface area contributed by atoms with Crippen LogP contribution in [-0.2, 0) is 20.7 Å². The van der Waals surface area contributed by atoms with E-state index in [1.807, 2.05) is 51.1 Å². The topological polar surface area (TPSA) is 108 Å². The number of aliphatic hydroxyl groups is 1. The van der Waals surface area contributed by atoms with E-state index in [1.165, 1.54) is 0 Å². The van der Waals surface area contributed by atoms with Crippen molar-refractivity contribution in [2.75, 3.05) is 38.7 Å². The molecule has 1 aliphatic heterocycles. The second-order valence-corrected chi connectivity index (χ2v) is 13.3. The Morgan fingerprint density at radius 3 is 2.46 bits per heavy atom. The molecule has 1 aliphatic carbocycles. The third-order valence-electron chi connectivity index (χ3n) is 9.37. The van der Waals surface area contributed by atoms with Gasteiger partial charge < -0.3 is 29.7 Å². The van der Waals surface area contributed by atoms with Crippen molar-refractivity contribution in [3.8, 4) is 5.75 Å². The molecule has 2 aromatic rings. The van der Waals surface area contributed by atoms with Crippen molar-refractivity contribution < 1.29 is 29.0 Å². The van der Waals surface area contributed by atoms with Gasteiger partial charge in [0.25, 0.3) is 5.91 Å². The van der Waals surface area contributed by atoms with E-state index in [1.54, 1.807) is 35.0 Å². The minimum atomic E-state index is -0.480. The van der Waals surface area contributed by atoms with Gasteiger partial charge in [0.15, 0.2) is 0 Å². The monoisotopic (exact) mass is 635 g/mol. The summed E-state index contributed by atoms with van der Waals surface area (Å²) in [6.07, 6.45) is 7.39. The number of carbonyl (C=O) groups excluding carboxylic acids is 3. The molecular formula is C37H53N3O6. The lowest BCUT2D eigenvalue weighted by Crippen LogP contribution is -2.48. The van der Waals surface area contributed by atoms with Gasteiger partial charge in [-0.3, -0.25) is 14.4 Å². The number of aliphatic hydroxyl groups excluding tert-OH is 1. The second kappa shape index (κ2) is 17.5. The predicted octanol–water partition coefficient (Wildman–Crippen LogP) is 5.70. The third-order valence-corrected chi connectivity index (χ3v) is 9.37. The average molecular weight is 636 g/mol. The van der Waals surface area contributed by atoms with Gasteiger partial charge in [0.05, 0.1) is 36.8 Å². The molecular weight excluding hydrogens is 582 g/mol. The van der Waals surface area contributed by atoms with Crippen molar-refractivity contribution in [1.29, 1.82) is 0 Å². The molecule has 2 aromatic carbocycles. The Labute approximate surface area is 274 Å². The lowest BCUT2D eigenvalue weighted by molar-refractivity contribution is -0.132. The minimum absolute atomic E-state index is 0.000710. The summed E-state index contributed by atoms with van der Waals surface area (Å²) in [5, 5.41) is 13.3. The van der Waals surface area contributed by atoms with Crippen LogP contribution in [0.4, 0.5) is 5.69 Å². The SMILES string of the molecule is C[C@@H]1CCCCO[C@@H](CN(C)C(=O)Cc2ccccc2)[C@@H](C)CN([C@H](C)CO)C(=O)c2cc(NC(=O)C3CCCCC3)ccc2O1. The van der Waals surface area contributed by atoms with E-state index in [0.717, 1.165) is 56.9 Å². The number of rotatable bonds is 8. The molecule has 0 unspecified atom stereocenters. The molecule has 1 fully saturated rings. The molecule has 2 aliphatic rings. The number of hydrogen-bond acceptors (Lipinski definition) is 6. The molecule has 4 rings (SSSR count). The Morgan fingerprint density at radius 1 is 1.02 bits per heavy atom. The Kier molecular flexibility index (Phi) is 13.5. The number of amides is 3. The van der Waals surface area contributed by atoms with E-state index in [9.17, 15) is 19.5 Å². The first-order valence-electron chi connectivity index (χ1n) is 17.1. The molecule has 9 nitrogen and oxygen atoms in total. The maximum Gasteiger partial charge on any atom is 0.258 e. The van der Waals surface area contributed by atoms with Gasteiger partial charge in [-0.15, -0.1) is 0 Å². The van der Waals surface area contributed by atoms with Crippen molar-refractivity contribution in [2.24, 2.45) is 11.8 Å². The Morgan fingerprint density at radius 2 is 1.74 bits per heavy atom. The lowest BCUT2D eigenvalue weighted by Gasteiger charge is -2.36. The van der Waals surface area contributed by atoms with E-state index in [2.05, 4.69) is 5.32 Å². The molecule has 2 N–H and O–H groups in total. The number of nitrogens with one attached hydrogen (secondary N) is 1. The predicted molar refractivity (Wildman–Crippen MR) is 180 cm³/mol. The molecule has 0 radical (unpaired) electrons. The molecule has 1 saturated carbocycles. The summed E-state index contributed by atoms with van der Waals surface area (Å²) in [5.41, 5.74) is 1.87. The minimum Gasteiger partial charge on any atom is -0.490 e. The van der Waals surface area contributed by atoms with Gasteiger partial charge in [0.1, 0.15) is 5.75 Å². The Hall–Kier alpha value is -3.43. The number of nitrogens with zero attached hydrogens (tertiary/aromatic N) is 2. The molecule has 1 heterocycles. The van der Waals surface area contributed by atoms with Gasteiger partial charge in [-0.05, 0) is 69.7 Å². The zero-order valence-corrected chi connectivity index (χ0v) is 28.1. The van der Waals surface area contributed by atoms with E-state index in [4.69, 9.17) is 9.47 Å². The number of anilines is 1. The molecule has 4 atom stereocenters. The fourth-order valence-corrected chi connectivity index (χ4v) is 6.35. The van der Waals surface area contributed by atoms with Crippen molar-refractivity contribution in [2.45, 2.75) is 96.8 Å². The highest BCUT2D eigenvalue weighted by Crippen LogP contribution is 2.30. The standard InChI is InChI=1S/C37H53N3O6/c1-26-23-40(27(2)25-41)37(44)32-22-31(38-36(43)30-16-9-6-10-17-30)18-19-33(32)46-28(3)13-11-12-20-45-34(26)24-39(4)35(42)21-29-14-7-5-8-15-29/h5,7-8,14-15,18-19,22,26-28,30,34,41H,6,9-13,16-17,20-21,23-25H2,1-4H3,(H,38,43)/t26-,27+,28+,34-/m0/s1. The Balaban J connectivity index is 1.58. The van der Waals surface area contributed by atoms with Gasteiger partial charge in [-0.25, -0.2) is 0 Å². The molecule has 9 heteroatoms. The maximum atomic E-state index is 14.4. The van der Waals surface area contributed by atoms with Crippen molar-refractivity contribution in [3.63, 3.8) is 0 Å². The van der Waals surface area contributed by atoms with Crippen LogP contribution < -0.4 is 10.1 Å². The zero-order valence-electron chi connectivity index (χ0n) is 28.1. The summed E-state index contributed by atoms with van der Waals surface area (Å²) < 4.78 is 12.7. The number of carbonyl (C=O) groups is 3. The first-order valence-corrected chi connectivity index (χ1v) is 17.1. The zero-order chi connectivity index (χ0) is 33.1.